The Morgan fingerprint density at radius 2 is 1.48 bits per heavy atom. The first-order valence-electron chi connectivity index (χ1n) is 10.7. The van der Waals surface area contributed by atoms with Crippen molar-refractivity contribution < 1.29 is 9.90 Å². The molecule has 0 spiro atoms. The largest absolute Gasteiger partial charge is 0.507 e. The van der Waals surface area contributed by atoms with Crippen molar-refractivity contribution in [3.05, 3.63) is 107 Å². The summed E-state index contributed by atoms with van der Waals surface area (Å²) in [7, 11) is 0. The highest BCUT2D eigenvalue weighted by Gasteiger charge is 2.13. The number of hydrazone groups is 1. The van der Waals surface area contributed by atoms with Crippen molar-refractivity contribution in [2.45, 2.75) is 13.8 Å². The fraction of sp³-hybridized carbons (Fsp3) is 0.0714. The van der Waals surface area contributed by atoms with Crippen molar-refractivity contribution in [2.24, 2.45) is 5.10 Å². The first kappa shape index (κ1) is 20.5. The Hall–Kier alpha value is -4.38. The van der Waals surface area contributed by atoms with E-state index in [1.54, 1.807) is 18.3 Å². The SMILES string of the molecule is Cc1cc(C=NNC(=O)c2cc3ccccc3cc2O)c(C)n1-c1ccc2ccccc2c1. The van der Waals surface area contributed by atoms with Crippen LogP contribution in [0.2, 0.25) is 0 Å². The molecule has 0 unspecified atom stereocenters. The number of benzene rings is 4. The number of phenolic OH excluding ortho intramolecular Hbond substituents is 1. The third-order valence-electron chi connectivity index (χ3n) is 5.94. The molecule has 2 N–H and O–H groups in total. The second kappa shape index (κ2) is 8.28. The van der Waals surface area contributed by atoms with Gasteiger partial charge in [-0.25, -0.2) is 5.43 Å². The number of carbonyl (C=O) groups is 1. The van der Waals surface area contributed by atoms with Gasteiger partial charge in [0.15, 0.2) is 0 Å². The number of hydrogen-bond donors (Lipinski definition) is 2. The highest BCUT2D eigenvalue weighted by molar-refractivity contribution is 6.01. The van der Waals surface area contributed by atoms with E-state index in [0.717, 1.165) is 33.4 Å². The fourth-order valence-electron chi connectivity index (χ4n) is 4.26. The van der Waals surface area contributed by atoms with Crippen LogP contribution >= 0.6 is 0 Å². The zero-order valence-corrected chi connectivity index (χ0v) is 18.4. The fourth-order valence-corrected chi connectivity index (χ4v) is 4.26. The van der Waals surface area contributed by atoms with Crippen LogP contribution in [-0.2, 0) is 0 Å². The number of phenols is 1. The van der Waals surface area contributed by atoms with Gasteiger partial charge in [-0.1, -0.05) is 54.6 Å². The number of aromatic nitrogens is 1. The van der Waals surface area contributed by atoms with E-state index in [-0.39, 0.29) is 11.3 Å². The summed E-state index contributed by atoms with van der Waals surface area (Å²) in [5.41, 5.74) is 6.80. The van der Waals surface area contributed by atoms with Crippen LogP contribution in [0.3, 0.4) is 0 Å². The third kappa shape index (κ3) is 3.85. The summed E-state index contributed by atoms with van der Waals surface area (Å²) in [4.78, 5) is 12.6. The van der Waals surface area contributed by atoms with E-state index >= 15 is 0 Å². The average Bonchev–Trinajstić information content (AvgIpc) is 3.11. The second-order valence-electron chi connectivity index (χ2n) is 8.11. The molecule has 5 heteroatoms. The van der Waals surface area contributed by atoms with E-state index in [9.17, 15) is 9.90 Å². The molecule has 0 atom stereocenters. The van der Waals surface area contributed by atoms with Crippen LogP contribution in [0.4, 0.5) is 0 Å². The standard InChI is InChI=1S/C28H23N3O2/c1-18-13-24(19(2)31(18)25-12-11-20-7-3-4-8-21(20)14-25)17-29-30-28(33)26-15-22-9-5-6-10-23(22)16-27(26)32/h3-17,32H,1-2H3,(H,30,33). The summed E-state index contributed by atoms with van der Waals surface area (Å²) in [5, 5.41) is 18.5. The van der Waals surface area contributed by atoms with Crippen LogP contribution in [0, 0.1) is 13.8 Å². The summed E-state index contributed by atoms with van der Waals surface area (Å²) < 4.78 is 2.17. The first-order chi connectivity index (χ1) is 16.0. The Bertz CT molecular complexity index is 1550. The van der Waals surface area contributed by atoms with E-state index in [1.807, 2.05) is 56.3 Å². The second-order valence-corrected chi connectivity index (χ2v) is 8.11. The van der Waals surface area contributed by atoms with Crippen molar-refractivity contribution >= 4 is 33.7 Å². The van der Waals surface area contributed by atoms with Gasteiger partial charge < -0.3 is 9.67 Å². The van der Waals surface area contributed by atoms with Crippen LogP contribution in [-0.4, -0.2) is 21.8 Å². The molecular weight excluding hydrogens is 410 g/mol. The average molecular weight is 434 g/mol. The molecule has 0 fully saturated rings. The van der Waals surface area contributed by atoms with Crippen molar-refractivity contribution in [3.8, 4) is 11.4 Å². The Labute approximate surface area is 191 Å². The van der Waals surface area contributed by atoms with Crippen LogP contribution in [0.15, 0.2) is 90.0 Å². The smallest absolute Gasteiger partial charge is 0.275 e. The van der Waals surface area contributed by atoms with E-state index in [1.165, 1.54) is 10.8 Å². The highest BCUT2D eigenvalue weighted by Crippen LogP contribution is 2.25. The zero-order chi connectivity index (χ0) is 22.9. The number of nitrogens with zero attached hydrogens (tertiary/aromatic N) is 2. The minimum absolute atomic E-state index is 0.0733. The van der Waals surface area contributed by atoms with Gasteiger partial charge in [0.1, 0.15) is 5.75 Å². The van der Waals surface area contributed by atoms with Crippen molar-refractivity contribution in [3.63, 3.8) is 0 Å². The lowest BCUT2D eigenvalue weighted by atomic mass is 10.1. The van der Waals surface area contributed by atoms with Crippen LogP contribution in [0.5, 0.6) is 5.75 Å². The van der Waals surface area contributed by atoms with Gasteiger partial charge in [-0.15, -0.1) is 0 Å². The summed E-state index contributed by atoms with van der Waals surface area (Å²) in [6.07, 6.45) is 1.63. The summed E-state index contributed by atoms with van der Waals surface area (Å²) in [5.74, 6) is -0.534. The van der Waals surface area contributed by atoms with Gasteiger partial charge in [0.05, 0.1) is 11.8 Å². The Morgan fingerprint density at radius 3 is 2.21 bits per heavy atom. The van der Waals surface area contributed by atoms with Gasteiger partial charge in [0.2, 0.25) is 0 Å². The van der Waals surface area contributed by atoms with Crippen molar-refractivity contribution in [2.75, 3.05) is 0 Å². The maximum absolute atomic E-state index is 12.6. The Morgan fingerprint density at radius 1 is 0.848 bits per heavy atom. The maximum Gasteiger partial charge on any atom is 0.275 e. The lowest BCUT2D eigenvalue weighted by Crippen LogP contribution is -2.17. The van der Waals surface area contributed by atoms with Gasteiger partial charge in [-0.05, 0) is 65.7 Å². The van der Waals surface area contributed by atoms with Crippen LogP contribution in [0.25, 0.3) is 27.2 Å². The molecular formula is C28H23N3O2. The van der Waals surface area contributed by atoms with Crippen LogP contribution < -0.4 is 5.43 Å². The molecule has 5 aromatic rings. The van der Waals surface area contributed by atoms with Gasteiger partial charge in [0, 0.05) is 22.6 Å². The molecule has 0 aliphatic heterocycles. The number of hydrogen-bond acceptors (Lipinski definition) is 3. The van der Waals surface area contributed by atoms with Crippen molar-refractivity contribution in [1.82, 2.24) is 9.99 Å². The minimum Gasteiger partial charge on any atom is -0.507 e. The molecule has 162 valence electrons. The molecule has 0 saturated heterocycles. The molecule has 0 aliphatic rings. The first-order valence-corrected chi connectivity index (χ1v) is 10.7. The predicted octanol–water partition coefficient (Wildman–Crippen LogP) is 5.87. The van der Waals surface area contributed by atoms with Gasteiger partial charge in [-0.3, -0.25) is 4.79 Å². The molecule has 4 aromatic carbocycles. The predicted molar refractivity (Wildman–Crippen MR) is 133 cm³/mol. The van der Waals surface area contributed by atoms with E-state index in [2.05, 4.69) is 45.4 Å². The zero-order valence-electron chi connectivity index (χ0n) is 18.4. The summed E-state index contributed by atoms with van der Waals surface area (Å²) in [6.45, 7) is 4.08. The molecule has 5 nitrogen and oxygen atoms in total. The minimum atomic E-state index is -0.460. The van der Waals surface area contributed by atoms with Crippen LogP contribution in [0.1, 0.15) is 27.3 Å². The van der Waals surface area contributed by atoms with Gasteiger partial charge >= 0.3 is 0 Å². The molecule has 1 aromatic heterocycles. The monoisotopic (exact) mass is 433 g/mol. The molecule has 1 amide bonds. The van der Waals surface area contributed by atoms with Gasteiger partial charge in [-0.2, -0.15) is 5.10 Å². The van der Waals surface area contributed by atoms with E-state index in [0.29, 0.717) is 0 Å². The molecule has 5 rings (SSSR count). The molecule has 1 heterocycles. The Balaban J connectivity index is 1.39. The molecule has 0 saturated carbocycles. The summed E-state index contributed by atoms with van der Waals surface area (Å²) in [6, 6.07) is 27.5. The number of amides is 1. The molecule has 0 bridgehead atoms. The maximum atomic E-state index is 12.6. The highest BCUT2D eigenvalue weighted by atomic mass is 16.3. The normalized spacial score (nSPS) is 11.5. The number of rotatable bonds is 4. The number of carbonyl (C=O) groups excluding carboxylic acids is 1. The Kier molecular flexibility index (Phi) is 5.15. The van der Waals surface area contributed by atoms with Crippen molar-refractivity contribution in [1.29, 1.82) is 0 Å². The van der Waals surface area contributed by atoms with E-state index in [4.69, 9.17) is 0 Å². The number of aryl methyl sites for hydroxylation is 1. The van der Waals surface area contributed by atoms with Gasteiger partial charge in [0.25, 0.3) is 5.91 Å². The quantitative estimate of drug-likeness (QED) is 0.275. The van der Waals surface area contributed by atoms with E-state index < -0.39 is 5.91 Å². The number of nitrogens with one attached hydrogen (secondary N) is 1. The molecule has 0 aliphatic carbocycles. The third-order valence-corrected chi connectivity index (χ3v) is 5.94. The molecule has 33 heavy (non-hydrogen) atoms. The summed E-state index contributed by atoms with van der Waals surface area (Å²) >= 11 is 0. The number of aromatic hydroxyl groups is 1. The number of fused-ring (bicyclic) bond motifs is 2. The lowest BCUT2D eigenvalue weighted by molar-refractivity contribution is 0.0952. The lowest BCUT2D eigenvalue weighted by Gasteiger charge is -2.11. The molecule has 0 radical (unpaired) electrons. The topological polar surface area (TPSA) is 66.6 Å².